The van der Waals surface area contributed by atoms with E-state index in [-0.39, 0.29) is 11.7 Å². The number of para-hydroxylation sites is 1. The first-order valence-electron chi connectivity index (χ1n) is 9.09. The fraction of sp³-hybridized carbons (Fsp3) is 0.136. The maximum absolute atomic E-state index is 12.4. The van der Waals surface area contributed by atoms with Crippen LogP contribution in [0.25, 0.3) is 10.9 Å². The molecule has 6 nitrogen and oxygen atoms in total. The van der Waals surface area contributed by atoms with Gasteiger partial charge in [0.1, 0.15) is 0 Å². The van der Waals surface area contributed by atoms with Crippen LogP contribution in [0.5, 0.6) is 0 Å². The summed E-state index contributed by atoms with van der Waals surface area (Å²) < 4.78 is 1.68. The van der Waals surface area contributed by atoms with Crippen molar-refractivity contribution >= 4 is 28.3 Å². The SMILES string of the molecule is Cn1ccnc1C(=O)c1ccc(NC(=O)CCc2c[nH]c3ccccc23)cc1. The highest BCUT2D eigenvalue weighted by Gasteiger charge is 2.14. The Morgan fingerprint density at radius 1 is 1.11 bits per heavy atom. The van der Waals surface area contributed by atoms with Crippen LogP contribution < -0.4 is 5.32 Å². The Balaban J connectivity index is 1.37. The van der Waals surface area contributed by atoms with Gasteiger partial charge in [-0.2, -0.15) is 0 Å². The number of ketones is 1. The number of anilines is 1. The average molecular weight is 372 g/mol. The van der Waals surface area contributed by atoms with Gasteiger partial charge in [-0.1, -0.05) is 18.2 Å². The summed E-state index contributed by atoms with van der Waals surface area (Å²) in [5.74, 6) is 0.175. The van der Waals surface area contributed by atoms with Gasteiger partial charge in [0.2, 0.25) is 11.7 Å². The zero-order chi connectivity index (χ0) is 19.5. The molecule has 0 saturated heterocycles. The van der Waals surface area contributed by atoms with Crippen molar-refractivity contribution < 1.29 is 9.59 Å². The Kier molecular flexibility index (Phi) is 4.76. The first kappa shape index (κ1) is 17.7. The molecule has 0 unspecified atom stereocenters. The van der Waals surface area contributed by atoms with Gasteiger partial charge in [0.25, 0.3) is 0 Å². The molecule has 0 aliphatic heterocycles. The lowest BCUT2D eigenvalue weighted by atomic mass is 10.1. The van der Waals surface area contributed by atoms with Crippen molar-refractivity contribution in [3.8, 4) is 0 Å². The molecule has 0 atom stereocenters. The third-order valence-electron chi connectivity index (χ3n) is 4.75. The van der Waals surface area contributed by atoms with Crippen LogP contribution in [0.15, 0.2) is 67.1 Å². The monoisotopic (exact) mass is 372 g/mol. The maximum Gasteiger partial charge on any atom is 0.228 e. The molecule has 2 aromatic heterocycles. The molecule has 0 radical (unpaired) electrons. The van der Waals surface area contributed by atoms with Gasteiger partial charge in [-0.05, 0) is 42.3 Å². The van der Waals surface area contributed by atoms with E-state index in [1.807, 2.05) is 24.4 Å². The number of aromatic nitrogens is 3. The van der Waals surface area contributed by atoms with Crippen LogP contribution in [-0.2, 0) is 18.3 Å². The Labute approximate surface area is 162 Å². The molecule has 0 saturated carbocycles. The van der Waals surface area contributed by atoms with Crippen LogP contribution in [0.4, 0.5) is 5.69 Å². The fourth-order valence-corrected chi connectivity index (χ4v) is 3.23. The van der Waals surface area contributed by atoms with E-state index in [0.29, 0.717) is 29.9 Å². The number of hydrogen-bond acceptors (Lipinski definition) is 3. The fourth-order valence-electron chi connectivity index (χ4n) is 3.23. The van der Waals surface area contributed by atoms with Crippen molar-refractivity contribution in [3.63, 3.8) is 0 Å². The van der Waals surface area contributed by atoms with Gasteiger partial charge in [0, 0.05) is 54.2 Å². The van der Waals surface area contributed by atoms with Crippen LogP contribution >= 0.6 is 0 Å². The molecule has 0 fully saturated rings. The van der Waals surface area contributed by atoms with E-state index in [0.717, 1.165) is 16.5 Å². The molecule has 2 heterocycles. The predicted octanol–water partition coefficient (Wildman–Crippen LogP) is 3.70. The molecule has 2 aromatic carbocycles. The smallest absolute Gasteiger partial charge is 0.228 e. The zero-order valence-corrected chi connectivity index (χ0v) is 15.5. The van der Waals surface area contributed by atoms with Gasteiger partial charge < -0.3 is 14.9 Å². The van der Waals surface area contributed by atoms with Crippen molar-refractivity contribution in [2.45, 2.75) is 12.8 Å². The number of nitrogens with zero attached hydrogens (tertiary/aromatic N) is 2. The normalized spacial score (nSPS) is 10.9. The van der Waals surface area contributed by atoms with E-state index in [4.69, 9.17) is 0 Å². The number of carbonyl (C=O) groups excluding carboxylic acids is 2. The van der Waals surface area contributed by atoms with Crippen molar-refractivity contribution in [1.82, 2.24) is 14.5 Å². The van der Waals surface area contributed by atoms with Gasteiger partial charge in [0.15, 0.2) is 5.82 Å². The van der Waals surface area contributed by atoms with Crippen molar-refractivity contribution in [1.29, 1.82) is 0 Å². The molecular formula is C22H20N4O2. The molecule has 0 bridgehead atoms. The first-order valence-corrected chi connectivity index (χ1v) is 9.09. The molecule has 1 amide bonds. The summed E-state index contributed by atoms with van der Waals surface area (Å²) in [6.07, 6.45) is 6.32. The van der Waals surface area contributed by atoms with E-state index in [2.05, 4.69) is 21.4 Å². The third-order valence-corrected chi connectivity index (χ3v) is 4.75. The molecule has 140 valence electrons. The minimum Gasteiger partial charge on any atom is -0.361 e. The van der Waals surface area contributed by atoms with Crippen LogP contribution in [0, 0.1) is 0 Å². The number of fused-ring (bicyclic) bond motifs is 1. The predicted molar refractivity (Wildman–Crippen MR) is 108 cm³/mol. The second kappa shape index (κ2) is 7.52. The largest absolute Gasteiger partial charge is 0.361 e. The summed E-state index contributed by atoms with van der Waals surface area (Å²) in [6.45, 7) is 0. The molecule has 2 N–H and O–H groups in total. The van der Waals surface area contributed by atoms with Crippen LogP contribution in [-0.4, -0.2) is 26.2 Å². The van der Waals surface area contributed by atoms with Gasteiger partial charge >= 0.3 is 0 Å². The molecule has 0 aliphatic rings. The van der Waals surface area contributed by atoms with E-state index in [1.54, 1.807) is 48.3 Å². The van der Waals surface area contributed by atoms with Crippen LogP contribution in [0.2, 0.25) is 0 Å². The Morgan fingerprint density at radius 3 is 2.64 bits per heavy atom. The van der Waals surface area contributed by atoms with Crippen LogP contribution in [0.1, 0.15) is 28.2 Å². The molecule has 0 aliphatic carbocycles. The first-order chi connectivity index (χ1) is 13.6. The number of hydrogen-bond donors (Lipinski definition) is 2. The lowest BCUT2D eigenvalue weighted by Crippen LogP contribution is -2.13. The van der Waals surface area contributed by atoms with Crippen molar-refractivity contribution in [3.05, 3.63) is 84.1 Å². The van der Waals surface area contributed by atoms with Gasteiger partial charge in [-0.3, -0.25) is 9.59 Å². The van der Waals surface area contributed by atoms with Gasteiger partial charge in [-0.15, -0.1) is 0 Å². The average Bonchev–Trinajstić information content (AvgIpc) is 3.32. The molecule has 6 heteroatoms. The number of amides is 1. The summed E-state index contributed by atoms with van der Waals surface area (Å²) in [6, 6.07) is 14.9. The van der Waals surface area contributed by atoms with Crippen molar-refractivity contribution in [2.75, 3.05) is 5.32 Å². The molecule has 4 aromatic rings. The number of aryl methyl sites for hydroxylation is 2. The Morgan fingerprint density at radius 2 is 1.89 bits per heavy atom. The highest BCUT2D eigenvalue weighted by atomic mass is 16.1. The topological polar surface area (TPSA) is 79.8 Å². The summed E-state index contributed by atoms with van der Waals surface area (Å²) in [5, 5.41) is 4.03. The molecule has 0 spiro atoms. The van der Waals surface area contributed by atoms with E-state index >= 15 is 0 Å². The minimum atomic E-state index is -0.148. The van der Waals surface area contributed by atoms with Gasteiger partial charge in [-0.25, -0.2) is 4.98 Å². The maximum atomic E-state index is 12.4. The Hall–Kier alpha value is -3.67. The summed E-state index contributed by atoms with van der Waals surface area (Å²) in [5.41, 5.74) is 3.40. The Bertz CT molecular complexity index is 1140. The minimum absolute atomic E-state index is 0.0616. The number of H-pyrrole nitrogens is 1. The lowest BCUT2D eigenvalue weighted by Gasteiger charge is -2.06. The van der Waals surface area contributed by atoms with E-state index < -0.39 is 0 Å². The number of nitrogens with one attached hydrogen (secondary N) is 2. The van der Waals surface area contributed by atoms with E-state index in [1.165, 1.54) is 0 Å². The molecule has 28 heavy (non-hydrogen) atoms. The highest BCUT2D eigenvalue weighted by Crippen LogP contribution is 2.19. The lowest BCUT2D eigenvalue weighted by molar-refractivity contribution is -0.116. The van der Waals surface area contributed by atoms with Crippen LogP contribution in [0.3, 0.4) is 0 Å². The number of carbonyl (C=O) groups is 2. The second-order valence-corrected chi connectivity index (χ2v) is 6.68. The zero-order valence-electron chi connectivity index (χ0n) is 15.5. The number of imidazole rings is 1. The second-order valence-electron chi connectivity index (χ2n) is 6.68. The molecule has 4 rings (SSSR count). The van der Waals surface area contributed by atoms with E-state index in [9.17, 15) is 9.59 Å². The standard InChI is InChI=1S/C22H20N4O2/c1-26-13-12-23-22(26)21(28)15-6-9-17(10-7-15)25-20(27)11-8-16-14-24-19-5-3-2-4-18(16)19/h2-7,9-10,12-14,24H,8,11H2,1H3,(H,25,27). The molecular weight excluding hydrogens is 352 g/mol. The number of benzene rings is 2. The third kappa shape index (κ3) is 3.57. The highest BCUT2D eigenvalue weighted by molar-refractivity contribution is 6.07. The number of aromatic amines is 1. The summed E-state index contributed by atoms with van der Waals surface area (Å²) in [4.78, 5) is 32.0. The number of rotatable bonds is 6. The summed E-state index contributed by atoms with van der Waals surface area (Å²) in [7, 11) is 1.78. The summed E-state index contributed by atoms with van der Waals surface area (Å²) >= 11 is 0. The quantitative estimate of drug-likeness (QED) is 0.507. The van der Waals surface area contributed by atoms with Crippen molar-refractivity contribution in [2.24, 2.45) is 7.05 Å². The van der Waals surface area contributed by atoms with Gasteiger partial charge in [0.05, 0.1) is 0 Å².